The van der Waals surface area contributed by atoms with Crippen molar-refractivity contribution < 1.29 is 13.6 Å². The molecule has 0 saturated carbocycles. The first kappa shape index (κ1) is 17.9. The largest absolute Gasteiger partial charge is 0.436 e. The molecule has 4 aromatic rings. The van der Waals surface area contributed by atoms with E-state index in [4.69, 9.17) is 4.42 Å². The summed E-state index contributed by atoms with van der Waals surface area (Å²) >= 11 is 0. The molecule has 4 rings (SSSR count). The van der Waals surface area contributed by atoms with Gasteiger partial charge in [-0.05, 0) is 73.9 Å². The van der Waals surface area contributed by atoms with Crippen LogP contribution < -0.4 is 5.32 Å². The van der Waals surface area contributed by atoms with Gasteiger partial charge in [-0.2, -0.15) is 0 Å². The molecule has 0 aliphatic carbocycles. The summed E-state index contributed by atoms with van der Waals surface area (Å²) in [5, 5.41) is 2.84. The van der Waals surface area contributed by atoms with Gasteiger partial charge in [0.15, 0.2) is 5.58 Å². The number of aromatic nitrogens is 1. The minimum Gasteiger partial charge on any atom is -0.436 e. The second-order valence-corrected chi connectivity index (χ2v) is 6.94. The Morgan fingerprint density at radius 3 is 2.61 bits per heavy atom. The Kier molecular flexibility index (Phi) is 4.43. The average Bonchev–Trinajstić information content (AvgIpc) is 3.08. The topological polar surface area (TPSA) is 55.1 Å². The van der Waals surface area contributed by atoms with Crippen LogP contribution in [0.3, 0.4) is 0 Å². The molecule has 28 heavy (non-hydrogen) atoms. The van der Waals surface area contributed by atoms with E-state index in [0.29, 0.717) is 11.6 Å². The Hall–Kier alpha value is -3.47. The highest BCUT2D eigenvalue weighted by molar-refractivity contribution is 6.04. The van der Waals surface area contributed by atoms with E-state index in [1.54, 1.807) is 6.07 Å². The number of aryl methyl sites for hydroxylation is 3. The number of oxazole rings is 1. The van der Waals surface area contributed by atoms with Gasteiger partial charge >= 0.3 is 0 Å². The lowest BCUT2D eigenvalue weighted by Crippen LogP contribution is -2.13. The average molecular weight is 374 g/mol. The van der Waals surface area contributed by atoms with Crippen molar-refractivity contribution in [1.29, 1.82) is 0 Å². The zero-order valence-electron chi connectivity index (χ0n) is 15.8. The first-order valence-corrected chi connectivity index (χ1v) is 8.96. The predicted octanol–water partition coefficient (Wildman–Crippen LogP) is 5.81. The van der Waals surface area contributed by atoms with Crippen LogP contribution in [0.4, 0.5) is 10.1 Å². The summed E-state index contributed by atoms with van der Waals surface area (Å²) < 4.78 is 19.4. The molecule has 4 nitrogen and oxygen atoms in total. The summed E-state index contributed by atoms with van der Waals surface area (Å²) in [7, 11) is 0. The minimum atomic E-state index is -0.449. The number of benzene rings is 3. The van der Waals surface area contributed by atoms with Gasteiger partial charge in [0, 0.05) is 16.8 Å². The molecule has 5 heteroatoms. The molecule has 0 saturated heterocycles. The molecule has 1 amide bonds. The van der Waals surface area contributed by atoms with Crippen molar-refractivity contribution >= 4 is 22.7 Å². The molecular weight excluding hydrogens is 355 g/mol. The number of hydrogen-bond donors (Lipinski definition) is 1. The molecule has 1 heterocycles. The standard InChI is InChI=1S/C23H19FN2O2/c1-13-9-15(3)21-20(10-13)26-23(28-21)17-8-7-14(2)19(12-17)25-22(27)16-5-4-6-18(24)11-16/h4-12H,1-3H3,(H,25,27). The Balaban J connectivity index is 1.69. The van der Waals surface area contributed by atoms with Crippen LogP contribution in [0.25, 0.3) is 22.6 Å². The Morgan fingerprint density at radius 1 is 1.00 bits per heavy atom. The smallest absolute Gasteiger partial charge is 0.255 e. The molecule has 0 spiro atoms. The third kappa shape index (κ3) is 3.39. The van der Waals surface area contributed by atoms with E-state index in [1.807, 2.05) is 45.0 Å². The summed E-state index contributed by atoms with van der Waals surface area (Å²) in [6, 6.07) is 15.2. The number of nitrogens with one attached hydrogen (secondary N) is 1. The molecule has 3 aromatic carbocycles. The van der Waals surface area contributed by atoms with Gasteiger partial charge in [-0.1, -0.05) is 18.2 Å². The number of nitrogens with zero attached hydrogens (tertiary/aromatic N) is 1. The zero-order chi connectivity index (χ0) is 19.8. The fraction of sp³-hybridized carbons (Fsp3) is 0.130. The molecule has 0 aliphatic heterocycles. The second kappa shape index (κ2) is 6.93. The lowest BCUT2D eigenvalue weighted by Gasteiger charge is -2.10. The SMILES string of the molecule is Cc1cc(C)c2oc(-c3ccc(C)c(NC(=O)c4cccc(F)c4)c3)nc2c1. The number of anilines is 1. The fourth-order valence-corrected chi connectivity index (χ4v) is 3.21. The number of fused-ring (bicyclic) bond motifs is 1. The van der Waals surface area contributed by atoms with Crippen LogP contribution in [0.15, 0.2) is 59.0 Å². The summed E-state index contributed by atoms with van der Waals surface area (Å²) in [6.07, 6.45) is 0. The van der Waals surface area contributed by atoms with Crippen molar-refractivity contribution in [2.24, 2.45) is 0 Å². The molecule has 140 valence electrons. The number of hydrogen-bond acceptors (Lipinski definition) is 3. The molecule has 0 radical (unpaired) electrons. The number of carbonyl (C=O) groups is 1. The number of rotatable bonds is 3. The molecule has 1 aromatic heterocycles. The van der Waals surface area contributed by atoms with Crippen molar-refractivity contribution in [3.05, 3.63) is 82.7 Å². The van der Waals surface area contributed by atoms with Gasteiger partial charge in [0.1, 0.15) is 11.3 Å². The third-order valence-corrected chi connectivity index (χ3v) is 4.64. The van der Waals surface area contributed by atoms with Gasteiger partial charge in [-0.3, -0.25) is 4.79 Å². The van der Waals surface area contributed by atoms with Crippen molar-refractivity contribution in [3.8, 4) is 11.5 Å². The van der Waals surface area contributed by atoms with E-state index in [-0.39, 0.29) is 11.5 Å². The van der Waals surface area contributed by atoms with Gasteiger partial charge < -0.3 is 9.73 Å². The van der Waals surface area contributed by atoms with Gasteiger partial charge in [-0.15, -0.1) is 0 Å². The number of amides is 1. The third-order valence-electron chi connectivity index (χ3n) is 4.64. The predicted molar refractivity (Wildman–Crippen MR) is 108 cm³/mol. The van der Waals surface area contributed by atoms with Gasteiger partial charge in [0.25, 0.3) is 5.91 Å². The maximum Gasteiger partial charge on any atom is 0.255 e. The summed E-state index contributed by atoms with van der Waals surface area (Å²) in [5.41, 5.74) is 6.24. The zero-order valence-corrected chi connectivity index (χ0v) is 15.8. The minimum absolute atomic E-state index is 0.262. The Morgan fingerprint density at radius 2 is 1.82 bits per heavy atom. The van der Waals surface area contributed by atoms with Crippen molar-refractivity contribution in [2.75, 3.05) is 5.32 Å². The van der Waals surface area contributed by atoms with Crippen LogP contribution in [-0.4, -0.2) is 10.9 Å². The van der Waals surface area contributed by atoms with Crippen LogP contribution in [0.1, 0.15) is 27.0 Å². The normalized spacial score (nSPS) is 11.0. The van der Waals surface area contributed by atoms with Gasteiger partial charge in [-0.25, -0.2) is 9.37 Å². The molecule has 0 bridgehead atoms. The van der Waals surface area contributed by atoms with E-state index in [9.17, 15) is 9.18 Å². The highest BCUT2D eigenvalue weighted by Gasteiger charge is 2.14. The van der Waals surface area contributed by atoms with Crippen LogP contribution in [0.5, 0.6) is 0 Å². The Bertz CT molecular complexity index is 1210. The molecule has 1 N–H and O–H groups in total. The maximum absolute atomic E-state index is 13.4. The molecular formula is C23H19FN2O2. The lowest BCUT2D eigenvalue weighted by atomic mass is 10.1. The molecule has 0 aliphatic rings. The van der Waals surface area contributed by atoms with Crippen LogP contribution in [-0.2, 0) is 0 Å². The van der Waals surface area contributed by atoms with Crippen LogP contribution in [0, 0.1) is 26.6 Å². The van der Waals surface area contributed by atoms with Crippen molar-refractivity contribution in [2.45, 2.75) is 20.8 Å². The first-order chi connectivity index (χ1) is 13.4. The highest BCUT2D eigenvalue weighted by Crippen LogP contribution is 2.30. The van der Waals surface area contributed by atoms with E-state index in [1.165, 1.54) is 18.2 Å². The summed E-state index contributed by atoms with van der Waals surface area (Å²) in [6.45, 7) is 5.90. The highest BCUT2D eigenvalue weighted by atomic mass is 19.1. The Labute approximate surface area is 162 Å². The van der Waals surface area contributed by atoms with Gasteiger partial charge in [0.05, 0.1) is 0 Å². The van der Waals surface area contributed by atoms with E-state index in [0.717, 1.165) is 33.4 Å². The summed E-state index contributed by atoms with van der Waals surface area (Å²) in [4.78, 5) is 17.1. The van der Waals surface area contributed by atoms with Crippen LogP contribution >= 0.6 is 0 Å². The summed E-state index contributed by atoms with van der Waals surface area (Å²) in [5.74, 6) is -0.330. The first-order valence-electron chi connectivity index (χ1n) is 8.96. The molecule has 0 atom stereocenters. The fourth-order valence-electron chi connectivity index (χ4n) is 3.21. The monoisotopic (exact) mass is 374 g/mol. The maximum atomic E-state index is 13.4. The van der Waals surface area contributed by atoms with Crippen LogP contribution in [0.2, 0.25) is 0 Å². The molecule has 0 unspecified atom stereocenters. The van der Waals surface area contributed by atoms with Crippen molar-refractivity contribution in [1.82, 2.24) is 4.98 Å². The number of halogens is 1. The quantitative estimate of drug-likeness (QED) is 0.492. The van der Waals surface area contributed by atoms with E-state index >= 15 is 0 Å². The molecule has 0 fully saturated rings. The number of carbonyl (C=O) groups excluding carboxylic acids is 1. The second-order valence-electron chi connectivity index (χ2n) is 6.94. The van der Waals surface area contributed by atoms with Gasteiger partial charge in [0.2, 0.25) is 5.89 Å². The van der Waals surface area contributed by atoms with Crippen molar-refractivity contribution in [3.63, 3.8) is 0 Å². The van der Waals surface area contributed by atoms with E-state index < -0.39 is 5.82 Å². The van der Waals surface area contributed by atoms with E-state index in [2.05, 4.69) is 16.4 Å². The lowest BCUT2D eigenvalue weighted by molar-refractivity contribution is 0.102.